The Morgan fingerprint density at radius 1 is 0.591 bits per heavy atom. The minimum atomic E-state index is 1.23. The molecule has 0 aromatic heterocycles. The van der Waals surface area contributed by atoms with Gasteiger partial charge in [0, 0.05) is 0 Å². The molecule has 0 spiro atoms. The van der Waals surface area contributed by atoms with Crippen molar-refractivity contribution < 1.29 is 4.48 Å². The first-order valence-electron chi connectivity index (χ1n) is 9.94. The molecule has 0 aliphatic rings. The Morgan fingerprint density at radius 3 is 1.45 bits per heavy atom. The highest BCUT2D eigenvalue weighted by atomic mass is 15.3. The summed E-state index contributed by atoms with van der Waals surface area (Å²) < 4.78 is 1.23. The number of hydrogen-bond acceptors (Lipinski definition) is 1. The molecule has 0 saturated heterocycles. The van der Waals surface area contributed by atoms with Crippen molar-refractivity contribution in [3.05, 3.63) is 0 Å². The number of nitrogens with zero attached hydrogens (tertiary/aromatic N) is 2. The highest BCUT2D eigenvalue weighted by Gasteiger charge is 2.13. The predicted octanol–water partition coefficient (Wildman–Crippen LogP) is 5.33. The van der Waals surface area contributed by atoms with Gasteiger partial charge in [0.05, 0.1) is 27.2 Å². The van der Waals surface area contributed by atoms with E-state index in [-0.39, 0.29) is 0 Å². The van der Waals surface area contributed by atoms with Crippen LogP contribution in [0.15, 0.2) is 0 Å². The zero-order valence-corrected chi connectivity index (χ0v) is 16.5. The zero-order valence-electron chi connectivity index (χ0n) is 16.5. The molecule has 0 aromatic carbocycles. The lowest BCUT2D eigenvalue weighted by Gasteiger charge is -2.30. The lowest BCUT2D eigenvalue weighted by molar-refractivity contribution is -0.890. The van der Waals surface area contributed by atoms with Gasteiger partial charge in [0.15, 0.2) is 0 Å². The first-order chi connectivity index (χ1) is 10.5. The highest BCUT2D eigenvalue weighted by Crippen LogP contribution is 2.11. The summed E-state index contributed by atoms with van der Waals surface area (Å²) in [5, 5.41) is 0. The second kappa shape index (κ2) is 14.5. The summed E-state index contributed by atoms with van der Waals surface area (Å²) in [5.74, 6) is 0. The molecular weight excluding hydrogens is 268 g/mol. The maximum Gasteiger partial charge on any atom is 0.0782 e. The van der Waals surface area contributed by atoms with Crippen LogP contribution in [0.25, 0.3) is 0 Å². The van der Waals surface area contributed by atoms with Gasteiger partial charge in [0.1, 0.15) is 0 Å². The number of hydrogen-bond donors (Lipinski definition) is 0. The summed E-state index contributed by atoms with van der Waals surface area (Å²) in [5.41, 5.74) is 0. The van der Waals surface area contributed by atoms with Crippen LogP contribution in [-0.2, 0) is 0 Å². The van der Waals surface area contributed by atoms with Crippen LogP contribution in [0.4, 0.5) is 0 Å². The quantitative estimate of drug-likeness (QED) is 0.275. The van der Waals surface area contributed by atoms with E-state index in [9.17, 15) is 0 Å². The van der Waals surface area contributed by atoms with Gasteiger partial charge < -0.3 is 9.38 Å². The van der Waals surface area contributed by atoms with Gasteiger partial charge in [-0.15, -0.1) is 0 Å². The standard InChI is InChI=1S/C20H45N2/c1-6-7-8-9-10-11-13-16-19-22(4,5)20-17-14-12-15-18-21(2)3/h6-20H2,1-5H3/q+1. The number of unbranched alkanes of at least 4 members (excludes halogenated alkanes) is 10. The molecule has 0 amide bonds. The van der Waals surface area contributed by atoms with Crippen molar-refractivity contribution in [2.45, 2.75) is 84.0 Å². The Bertz CT molecular complexity index is 224. The third-order valence-corrected chi connectivity index (χ3v) is 4.74. The molecule has 2 heteroatoms. The minimum absolute atomic E-state index is 1.23. The van der Waals surface area contributed by atoms with Gasteiger partial charge >= 0.3 is 0 Å². The molecular formula is C20H45N2+. The van der Waals surface area contributed by atoms with Gasteiger partial charge in [-0.2, -0.15) is 0 Å². The number of quaternary nitrogens is 1. The van der Waals surface area contributed by atoms with Gasteiger partial charge in [0.25, 0.3) is 0 Å². The molecule has 0 N–H and O–H groups in total. The van der Waals surface area contributed by atoms with Crippen molar-refractivity contribution in [3.8, 4) is 0 Å². The van der Waals surface area contributed by atoms with Crippen molar-refractivity contribution in [2.75, 3.05) is 47.8 Å². The summed E-state index contributed by atoms with van der Waals surface area (Å²) in [6.07, 6.45) is 17.0. The topological polar surface area (TPSA) is 3.24 Å². The lowest BCUT2D eigenvalue weighted by Crippen LogP contribution is -2.41. The van der Waals surface area contributed by atoms with Crippen LogP contribution in [0, 0.1) is 0 Å². The van der Waals surface area contributed by atoms with Crippen molar-refractivity contribution >= 4 is 0 Å². The Hall–Kier alpha value is -0.0800. The lowest BCUT2D eigenvalue weighted by atomic mass is 10.1. The van der Waals surface area contributed by atoms with Crippen molar-refractivity contribution in [2.24, 2.45) is 0 Å². The van der Waals surface area contributed by atoms with Crippen molar-refractivity contribution in [1.82, 2.24) is 4.90 Å². The van der Waals surface area contributed by atoms with Gasteiger partial charge in [-0.05, 0) is 52.7 Å². The van der Waals surface area contributed by atoms with Crippen LogP contribution in [-0.4, -0.2) is 57.2 Å². The number of rotatable bonds is 16. The van der Waals surface area contributed by atoms with E-state index in [0.717, 1.165) is 0 Å². The van der Waals surface area contributed by atoms with Crippen molar-refractivity contribution in [3.63, 3.8) is 0 Å². The van der Waals surface area contributed by atoms with E-state index in [1.165, 1.54) is 101 Å². The molecule has 0 radical (unpaired) electrons. The molecule has 22 heavy (non-hydrogen) atoms. The second-order valence-electron chi connectivity index (χ2n) is 8.08. The molecule has 0 atom stereocenters. The fraction of sp³-hybridized carbons (Fsp3) is 1.00. The van der Waals surface area contributed by atoms with E-state index in [2.05, 4.69) is 40.0 Å². The summed E-state index contributed by atoms with van der Waals surface area (Å²) in [6.45, 7) is 6.27. The van der Waals surface area contributed by atoms with Gasteiger partial charge in [-0.25, -0.2) is 0 Å². The Morgan fingerprint density at radius 2 is 1.00 bits per heavy atom. The SMILES string of the molecule is CCCCCCCCCC[N+](C)(C)CCCCCCN(C)C. The van der Waals surface area contributed by atoms with Crippen LogP contribution in [0.2, 0.25) is 0 Å². The largest absolute Gasteiger partial charge is 0.328 e. The maximum absolute atomic E-state index is 2.42. The van der Waals surface area contributed by atoms with E-state index in [1.807, 2.05) is 0 Å². The minimum Gasteiger partial charge on any atom is -0.328 e. The van der Waals surface area contributed by atoms with E-state index in [0.29, 0.717) is 0 Å². The second-order valence-corrected chi connectivity index (χ2v) is 8.08. The summed E-state index contributed by atoms with van der Waals surface area (Å²) in [6, 6.07) is 0. The molecule has 0 aliphatic heterocycles. The highest BCUT2D eigenvalue weighted by molar-refractivity contribution is 4.49. The Balaban J connectivity index is 3.37. The van der Waals surface area contributed by atoms with Crippen LogP contribution >= 0.6 is 0 Å². The van der Waals surface area contributed by atoms with Crippen LogP contribution in [0.5, 0.6) is 0 Å². The normalized spacial score (nSPS) is 12.3. The van der Waals surface area contributed by atoms with E-state index in [1.54, 1.807) is 0 Å². The van der Waals surface area contributed by atoms with E-state index in [4.69, 9.17) is 0 Å². The molecule has 0 heterocycles. The third kappa shape index (κ3) is 16.3. The van der Waals surface area contributed by atoms with E-state index < -0.39 is 0 Å². The first-order valence-corrected chi connectivity index (χ1v) is 9.94. The molecule has 134 valence electrons. The zero-order chi connectivity index (χ0) is 16.7. The average molecular weight is 314 g/mol. The fourth-order valence-electron chi connectivity index (χ4n) is 3.11. The van der Waals surface area contributed by atoms with Crippen molar-refractivity contribution in [1.29, 1.82) is 0 Å². The summed E-state index contributed by atoms with van der Waals surface area (Å²) in [7, 11) is 9.18. The monoisotopic (exact) mass is 313 g/mol. The maximum atomic E-state index is 2.42. The van der Waals surface area contributed by atoms with Crippen LogP contribution in [0.3, 0.4) is 0 Å². The molecule has 0 bridgehead atoms. The summed E-state index contributed by atoms with van der Waals surface area (Å²) >= 11 is 0. The molecule has 0 fully saturated rings. The molecule has 0 unspecified atom stereocenters. The first kappa shape index (κ1) is 21.9. The van der Waals surface area contributed by atoms with Gasteiger partial charge in [-0.1, -0.05) is 51.9 Å². The fourth-order valence-corrected chi connectivity index (χ4v) is 3.11. The van der Waals surface area contributed by atoms with Gasteiger partial charge in [0.2, 0.25) is 0 Å². The average Bonchev–Trinajstić information content (AvgIpc) is 2.45. The Kier molecular flexibility index (Phi) is 14.5. The molecule has 0 aliphatic carbocycles. The smallest absolute Gasteiger partial charge is 0.0782 e. The molecule has 0 rings (SSSR count). The van der Waals surface area contributed by atoms with E-state index >= 15 is 0 Å². The Labute approximate surface area is 141 Å². The molecule has 0 saturated carbocycles. The van der Waals surface area contributed by atoms with Crippen LogP contribution < -0.4 is 0 Å². The third-order valence-electron chi connectivity index (χ3n) is 4.74. The molecule has 0 aromatic rings. The summed E-state index contributed by atoms with van der Waals surface area (Å²) in [4.78, 5) is 2.29. The van der Waals surface area contributed by atoms with Gasteiger partial charge in [-0.3, -0.25) is 0 Å². The molecule has 2 nitrogen and oxygen atoms in total. The van der Waals surface area contributed by atoms with Crippen LogP contribution in [0.1, 0.15) is 84.0 Å². The predicted molar refractivity (Wildman–Crippen MR) is 101 cm³/mol.